The lowest BCUT2D eigenvalue weighted by Crippen LogP contribution is -2.32. The molecule has 1 N–H and O–H groups in total. The van der Waals surface area contributed by atoms with Gasteiger partial charge >= 0.3 is 0 Å². The third kappa shape index (κ3) is 3.83. The molecule has 3 nitrogen and oxygen atoms in total. The van der Waals surface area contributed by atoms with Crippen LogP contribution in [-0.4, -0.2) is 24.1 Å². The first-order valence-electron chi connectivity index (χ1n) is 7.15. The highest BCUT2D eigenvalue weighted by Gasteiger charge is 2.27. The number of benzene rings is 1. The topological polar surface area (TPSA) is 46.5 Å². The van der Waals surface area contributed by atoms with Crippen molar-refractivity contribution in [3.63, 3.8) is 0 Å². The van der Waals surface area contributed by atoms with Crippen LogP contribution in [0.2, 0.25) is 0 Å². The van der Waals surface area contributed by atoms with E-state index < -0.39 is 6.10 Å². The summed E-state index contributed by atoms with van der Waals surface area (Å²) in [5.41, 5.74) is 0.865. The van der Waals surface area contributed by atoms with Gasteiger partial charge in [0.25, 0.3) is 0 Å². The Bertz CT molecular complexity index is 467. The highest BCUT2D eigenvalue weighted by Crippen LogP contribution is 2.28. The molecule has 1 aromatic carbocycles. The summed E-state index contributed by atoms with van der Waals surface area (Å²) >= 11 is 3.44. The molecule has 0 bridgehead atoms. The van der Waals surface area contributed by atoms with Gasteiger partial charge in [-0.3, -0.25) is 4.79 Å². The summed E-state index contributed by atoms with van der Waals surface area (Å²) in [5.74, 6) is 0.773. The zero-order chi connectivity index (χ0) is 14.5. The Morgan fingerprint density at radius 1 is 1.40 bits per heavy atom. The van der Waals surface area contributed by atoms with Crippen LogP contribution in [0.25, 0.3) is 0 Å². The molecule has 0 saturated heterocycles. The van der Waals surface area contributed by atoms with Gasteiger partial charge in [-0.1, -0.05) is 35.2 Å². The molecule has 20 heavy (non-hydrogen) atoms. The van der Waals surface area contributed by atoms with Crippen LogP contribution in [0, 0.1) is 5.92 Å². The Morgan fingerprint density at radius 2 is 2.10 bits per heavy atom. The number of aliphatic hydroxyl groups is 1. The van der Waals surface area contributed by atoms with Gasteiger partial charge in [0.05, 0.1) is 7.11 Å². The van der Waals surface area contributed by atoms with Crippen molar-refractivity contribution in [2.45, 2.75) is 44.6 Å². The molecule has 1 aliphatic carbocycles. The quantitative estimate of drug-likeness (QED) is 0.892. The van der Waals surface area contributed by atoms with E-state index in [9.17, 15) is 9.90 Å². The number of rotatable bonds is 5. The fraction of sp³-hybridized carbons (Fsp3) is 0.562. The Balaban J connectivity index is 2.03. The van der Waals surface area contributed by atoms with Crippen LogP contribution in [-0.2, 0) is 11.2 Å². The molecule has 0 aliphatic heterocycles. The summed E-state index contributed by atoms with van der Waals surface area (Å²) < 4.78 is 6.05. The largest absolute Gasteiger partial charge is 0.497 e. The molecule has 0 radical (unpaired) electrons. The standard InChI is InChI=1S/C16H21BrO3/c1-20-13-7-8-14(17)12(9-13)10-15(18)16(19)11-5-3-2-4-6-11/h7-9,11,16,19H,2-6,10H2,1H3. The molecule has 1 aromatic rings. The van der Waals surface area contributed by atoms with Gasteiger partial charge in [-0.05, 0) is 42.5 Å². The van der Waals surface area contributed by atoms with Crippen molar-refractivity contribution < 1.29 is 14.6 Å². The summed E-state index contributed by atoms with van der Waals surface area (Å²) in [5, 5.41) is 10.2. The van der Waals surface area contributed by atoms with Gasteiger partial charge < -0.3 is 9.84 Å². The fourth-order valence-electron chi connectivity index (χ4n) is 2.82. The maximum absolute atomic E-state index is 12.3. The number of hydrogen-bond acceptors (Lipinski definition) is 3. The van der Waals surface area contributed by atoms with Gasteiger partial charge in [0.2, 0.25) is 0 Å². The molecule has 0 spiro atoms. The van der Waals surface area contributed by atoms with Gasteiger partial charge in [-0.15, -0.1) is 0 Å². The summed E-state index contributed by atoms with van der Waals surface area (Å²) in [4.78, 5) is 12.3. The van der Waals surface area contributed by atoms with Gasteiger partial charge in [0, 0.05) is 10.9 Å². The van der Waals surface area contributed by atoms with Crippen molar-refractivity contribution in [2.75, 3.05) is 7.11 Å². The van der Waals surface area contributed by atoms with E-state index in [1.165, 1.54) is 6.42 Å². The van der Waals surface area contributed by atoms with Crippen molar-refractivity contribution in [1.29, 1.82) is 0 Å². The minimum atomic E-state index is -0.826. The number of carbonyl (C=O) groups is 1. The number of ether oxygens (including phenoxy) is 1. The van der Waals surface area contributed by atoms with Crippen LogP contribution in [0.4, 0.5) is 0 Å². The molecule has 110 valence electrons. The Hall–Kier alpha value is -0.870. The third-order valence-corrected chi connectivity index (χ3v) is 4.82. The van der Waals surface area contributed by atoms with Gasteiger partial charge in [0.15, 0.2) is 5.78 Å². The second kappa shape index (κ2) is 7.23. The molecule has 4 heteroatoms. The van der Waals surface area contributed by atoms with Crippen molar-refractivity contribution in [3.05, 3.63) is 28.2 Å². The van der Waals surface area contributed by atoms with Crippen molar-refractivity contribution in [2.24, 2.45) is 5.92 Å². The van der Waals surface area contributed by atoms with E-state index in [4.69, 9.17) is 4.74 Å². The van der Waals surface area contributed by atoms with E-state index in [0.717, 1.165) is 41.5 Å². The highest BCUT2D eigenvalue weighted by atomic mass is 79.9. The number of aliphatic hydroxyl groups excluding tert-OH is 1. The molecule has 1 saturated carbocycles. The second-order valence-electron chi connectivity index (χ2n) is 5.44. The first-order valence-corrected chi connectivity index (χ1v) is 7.94. The number of Topliss-reactive ketones (excluding diaryl/α,β-unsaturated/α-hetero) is 1. The minimum Gasteiger partial charge on any atom is -0.497 e. The minimum absolute atomic E-state index is 0.0918. The third-order valence-electron chi connectivity index (χ3n) is 4.04. The number of methoxy groups -OCH3 is 1. The monoisotopic (exact) mass is 340 g/mol. The fourth-order valence-corrected chi connectivity index (χ4v) is 3.21. The molecule has 2 rings (SSSR count). The zero-order valence-electron chi connectivity index (χ0n) is 11.8. The van der Waals surface area contributed by atoms with Crippen LogP contribution < -0.4 is 4.74 Å². The maximum Gasteiger partial charge on any atom is 0.165 e. The molecule has 1 atom stereocenters. The number of carbonyl (C=O) groups excluding carboxylic acids is 1. The van der Waals surface area contributed by atoms with Crippen LogP contribution >= 0.6 is 15.9 Å². The summed E-state index contributed by atoms with van der Waals surface area (Å²) in [6.07, 6.45) is 4.82. The maximum atomic E-state index is 12.3. The van der Waals surface area contributed by atoms with Gasteiger partial charge in [-0.2, -0.15) is 0 Å². The molecule has 0 heterocycles. The number of hydrogen-bond donors (Lipinski definition) is 1. The normalized spacial score (nSPS) is 17.8. The molecule has 1 unspecified atom stereocenters. The van der Waals surface area contributed by atoms with Crippen LogP contribution in [0.1, 0.15) is 37.7 Å². The van der Waals surface area contributed by atoms with Gasteiger partial charge in [-0.25, -0.2) is 0 Å². The van der Waals surface area contributed by atoms with E-state index in [1.807, 2.05) is 18.2 Å². The number of halogens is 1. The number of ketones is 1. The lowest BCUT2D eigenvalue weighted by atomic mass is 9.83. The van der Waals surface area contributed by atoms with E-state index in [0.29, 0.717) is 0 Å². The molecule has 0 aromatic heterocycles. The predicted octanol–water partition coefficient (Wildman–Crippen LogP) is 3.51. The van der Waals surface area contributed by atoms with Crippen molar-refractivity contribution in [3.8, 4) is 5.75 Å². The Morgan fingerprint density at radius 3 is 2.75 bits per heavy atom. The summed E-state index contributed by atoms with van der Waals surface area (Å²) in [6, 6.07) is 5.56. The summed E-state index contributed by atoms with van der Waals surface area (Å²) in [6.45, 7) is 0. The zero-order valence-corrected chi connectivity index (χ0v) is 13.4. The molecular weight excluding hydrogens is 320 g/mol. The smallest absolute Gasteiger partial charge is 0.165 e. The molecule has 0 amide bonds. The van der Waals surface area contributed by atoms with Crippen LogP contribution in [0.5, 0.6) is 5.75 Å². The second-order valence-corrected chi connectivity index (χ2v) is 6.30. The molecular formula is C16H21BrO3. The molecule has 1 aliphatic rings. The summed E-state index contributed by atoms with van der Waals surface area (Å²) in [7, 11) is 1.60. The SMILES string of the molecule is COc1ccc(Br)c(CC(=O)C(O)C2CCCCC2)c1. The van der Waals surface area contributed by atoms with Crippen molar-refractivity contribution in [1.82, 2.24) is 0 Å². The van der Waals surface area contributed by atoms with E-state index >= 15 is 0 Å². The lowest BCUT2D eigenvalue weighted by Gasteiger charge is -2.25. The van der Waals surface area contributed by atoms with Crippen molar-refractivity contribution >= 4 is 21.7 Å². The first-order chi connectivity index (χ1) is 9.61. The Kier molecular flexibility index (Phi) is 5.61. The molecule has 1 fully saturated rings. The lowest BCUT2D eigenvalue weighted by molar-refractivity contribution is -0.129. The average molecular weight is 341 g/mol. The van der Waals surface area contributed by atoms with E-state index in [1.54, 1.807) is 7.11 Å². The highest BCUT2D eigenvalue weighted by molar-refractivity contribution is 9.10. The van der Waals surface area contributed by atoms with E-state index in [-0.39, 0.29) is 18.1 Å². The predicted molar refractivity (Wildman–Crippen MR) is 82.0 cm³/mol. The Labute approximate surface area is 128 Å². The van der Waals surface area contributed by atoms with Crippen LogP contribution in [0.3, 0.4) is 0 Å². The first kappa shape index (κ1) is 15.5. The average Bonchev–Trinajstić information content (AvgIpc) is 2.49. The van der Waals surface area contributed by atoms with E-state index in [2.05, 4.69) is 15.9 Å². The van der Waals surface area contributed by atoms with Gasteiger partial charge in [0.1, 0.15) is 11.9 Å². The van der Waals surface area contributed by atoms with Crippen LogP contribution in [0.15, 0.2) is 22.7 Å².